The van der Waals surface area contributed by atoms with Crippen LogP contribution in [-0.4, -0.2) is 29.5 Å². The molecule has 1 aromatic heterocycles. The summed E-state index contributed by atoms with van der Waals surface area (Å²) in [7, 11) is 0. The van der Waals surface area contributed by atoms with Crippen LogP contribution in [0, 0.1) is 0 Å². The molecule has 112 valence electrons. The number of nitrogens with two attached hydrogens (primary N) is 1. The molecule has 0 aliphatic carbocycles. The van der Waals surface area contributed by atoms with E-state index in [2.05, 4.69) is 5.10 Å². The topological polar surface area (TPSA) is 79.4 Å². The van der Waals surface area contributed by atoms with Crippen LogP contribution in [0.25, 0.3) is 0 Å². The van der Waals surface area contributed by atoms with Gasteiger partial charge in [-0.25, -0.2) is 4.68 Å². The number of aryl methyl sites for hydroxylation is 1. The van der Waals surface area contributed by atoms with Crippen LogP contribution in [0.5, 0.6) is 11.5 Å². The molecule has 0 bridgehead atoms. The average molecular weight is 289 g/mol. The molecule has 0 aliphatic rings. The molecule has 2 aromatic rings. The van der Waals surface area contributed by atoms with Crippen LogP contribution in [-0.2, 0) is 6.54 Å². The Bertz CT molecular complexity index is 599. The van der Waals surface area contributed by atoms with Crippen molar-refractivity contribution in [3.05, 3.63) is 52.9 Å². The number of hydrogen-bond donors (Lipinski definition) is 1. The van der Waals surface area contributed by atoms with Gasteiger partial charge in [-0.15, -0.1) is 0 Å². The SMILES string of the molecule is NCCOc1cnn(CCCOc2ccccc2)c(=O)c1. The van der Waals surface area contributed by atoms with E-state index in [9.17, 15) is 4.79 Å². The minimum Gasteiger partial charge on any atom is -0.494 e. The molecule has 0 amide bonds. The minimum absolute atomic E-state index is 0.191. The Morgan fingerprint density at radius 1 is 1.10 bits per heavy atom. The van der Waals surface area contributed by atoms with Crippen molar-refractivity contribution in [2.45, 2.75) is 13.0 Å². The Balaban J connectivity index is 1.79. The Morgan fingerprint density at radius 3 is 2.57 bits per heavy atom. The van der Waals surface area contributed by atoms with Gasteiger partial charge in [0.05, 0.1) is 12.8 Å². The zero-order valence-corrected chi connectivity index (χ0v) is 11.8. The molecular weight excluding hydrogens is 270 g/mol. The molecule has 0 aliphatic heterocycles. The number of rotatable bonds is 8. The van der Waals surface area contributed by atoms with Gasteiger partial charge in [0, 0.05) is 25.6 Å². The monoisotopic (exact) mass is 289 g/mol. The summed E-state index contributed by atoms with van der Waals surface area (Å²) in [5.41, 5.74) is 5.14. The summed E-state index contributed by atoms with van der Waals surface area (Å²) in [4.78, 5) is 11.8. The number of ether oxygens (including phenoxy) is 2. The molecular formula is C15H19N3O3. The molecule has 2 N–H and O–H groups in total. The lowest BCUT2D eigenvalue weighted by Gasteiger charge is -2.08. The van der Waals surface area contributed by atoms with E-state index in [-0.39, 0.29) is 5.56 Å². The zero-order valence-electron chi connectivity index (χ0n) is 11.8. The average Bonchev–Trinajstić information content (AvgIpc) is 2.52. The molecule has 0 saturated carbocycles. The van der Waals surface area contributed by atoms with Crippen molar-refractivity contribution in [3.8, 4) is 11.5 Å². The number of nitrogens with zero attached hydrogens (tertiary/aromatic N) is 2. The van der Waals surface area contributed by atoms with E-state index in [0.717, 1.165) is 5.75 Å². The molecule has 0 spiro atoms. The molecule has 1 aromatic carbocycles. The molecule has 0 fully saturated rings. The minimum atomic E-state index is -0.191. The Morgan fingerprint density at radius 2 is 1.86 bits per heavy atom. The highest BCUT2D eigenvalue weighted by Crippen LogP contribution is 2.08. The molecule has 0 atom stereocenters. The first-order chi connectivity index (χ1) is 10.3. The second-order valence-corrected chi connectivity index (χ2v) is 4.40. The van der Waals surface area contributed by atoms with Crippen molar-refractivity contribution in [3.63, 3.8) is 0 Å². The van der Waals surface area contributed by atoms with Gasteiger partial charge in [-0.3, -0.25) is 4.79 Å². The van der Waals surface area contributed by atoms with Crippen molar-refractivity contribution in [2.24, 2.45) is 5.73 Å². The summed E-state index contributed by atoms with van der Waals surface area (Å²) < 4.78 is 12.2. The van der Waals surface area contributed by atoms with E-state index in [1.807, 2.05) is 30.3 Å². The van der Waals surface area contributed by atoms with E-state index >= 15 is 0 Å². The standard InChI is InChI=1S/C15H19N3O3/c16-7-10-21-14-11-15(19)18(17-12-14)8-4-9-20-13-5-2-1-3-6-13/h1-3,5-6,11-12H,4,7-10,16H2. The van der Waals surface area contributed by atoms with Crippen molar-refractivity contribution in [1.29, 1.82) is 0 Å². The van der Waals surface area contributed by atoms with Crippen LogP contribution in [0.4, 0.5) is 0 Å². The van der Waals surface area contributed by atoms with E-state index in [0.29, 0.717) is 38.5 Å². The molecule has 6 nitrogen and oxygen atoms in total. The van der Waals surface area contributed by atoms with Gasteiger partial charge >= 0.3 is 0 Å². The molecule has 0 radical (unpaired) electrons. The lowest BCUT2D eigenvalue weighted by atomic mass is 10.3. The van der Waals surface area contributed by atoms with Crippen molar-refractivity contribution in [2.75, 3.05) is 19.8 Å². The van der Waals surface area contributed by atoms with E-state index < -0.39 is 0 Å². The summed E-state index contributed by atoms with van der Waals surface area (Å²) in [5, 5.41) is 4.06. The van der Waals surface area contributed by atoms with Crippen LogP contribution >= 0.6 is 0 Å². The maximum Gasteiger partial charge on any atom is 0.270 e. The van der Waals surface area contributed by atoms with Gasteiger partial charge in [0.1, 0.15) is 18.1 Å². The van der Waals surface area contributed by atoms with E-state index in [1.54, 1.807) is 0 Å². The number of para-hydroxylation sites is 1. The Kier molecular flexibility index (Phi) is 5.78. The lowest BCUT2D eigenvalue weighted by molar-refractivity contribution is 0.295. The second kappa shape index (κ2) is 8.06. The molecule has 0 unspecified atom stereocenters. The van der Waals surface area contributed by atoms with E-state index in [1.165, 1.54) is 16.9 Å². The molecule has 0 saturated heterocycles. The van der Waals surface area contributed by atoms with Gasteiger partial charge in [-0.2, -0.15) is 5.10 Å². The first-order valence-corrected chi connectivity index (χ1v) is 6.87. The summed E-state index contributed by atoms with van der Waals surface area (Å²) in [6.45, 7) is 1.81. The molecule has 6 heteroatoms. The summed E-state index contributed by atoms with van der Waals surface area (Å²) in [5.74, 6) is 1.27. The number of benzene rings is 1. The van der Waals surface area contributed by atoms with Gasteiger partial charge in [0.2, 0.25) is 0 Å². The fraction of sp³-hybridized carbons (Fsp3) is 0.333. The highest BCUT2D eigenvalue weighted by atomic mass is 16.5. The molecule has 21 heavy (non-hydrogen) atoms. The Hall–Kier alpha value is -2.34. The van der Waals surface area contributed by atoms with Crippen LogP contribution in [0.2, 0.25) is 0 Å². The summed E-state index contributed by atoms with van der Waals surface area (Å²) in [6.07, 6.45) is 2.22. The smallest absolute Gasteiger partial charge is 0.270 e. The third kappa shape index (κ3) is 4.92. The van der Waals surface area contributed by atoms with Gasteiger partial charge in [0.25, 0.3) is 5.56 Å². The van der Waals surface area contributed by atoms with Gasteiger partial charge in [-0.1, -0.05) is 18.2 Å². The summed E-state index contributed by atoms with van der Waals surface area (Å²) >= 11 is 0. The maximum absolute atomic E-state index is 11.8. The fourth-order valence-electron chi connectivity index (χ4n) is 1.76. The van der Waals surface area contributed by atoms with Gasteiger partial charge in [0.15, 0.2) is 0 Å². The van der Waals surface area contributed by atoms with E-state index in [4.69, 9.17) is 15.2 Å². The number of hydrogen-bond acceptors (Lipinski definition) is 5. The normalized spacial score (nSPS) is 10.3. The predicted octanol–water partition coefficient (Wildman–Crippen LogP) is 1.05. The Labute approximate surface area is 123 Å². The third-order valence-electron chi connectivity index (χ3n) is 2.76. The first-order valence-electron chi connectivity index (χ1n) is 6.87. The fourth-order valence-corrected chi connectivity index (χ4v) is 1.76. The third-order valence-corrected chi connectivity index (χ3v) is 2.76. The van der Waals surface area contributed by atoms with Gasteiger partial charge in [-0.05, 0) is 12.1 Å². The molecule has 1 heterocycles. The van der Waals surface area contributed by atoms with Crippen LogP contribution in [0.1, 0.15) is 6.42 Å². The molecule has 2 rings (SSSR count). The number of aromatic nitrogens is 2. The van der Waals surface area contributed by atoms with Crippen molar-refractivity contribution >= 4 is 0 Å². The van der Waals surface area contributed by atoms with Crippen LogP contribution in [0.15, 0.2) is 47.4 Å². The lowest BCUT2D eigenvalue weighted by Crippen LogP contribution is -2.23. The zero-order chi connectivity index (χ0) is 14.9. The van der Waals surface area contributed by atoms with Gasteiger partial charge < -0.3 is 15.2 Å². The highest BCUT2D eigenvalue weighted by Gasteiger charge is 2.01. The van der Waals surface area contributed by atoms with Crippen LogP contribution in [0.3, 0.4) is 0 Å². The van der Waals surface area contributed by atoms with Crippen molar-refractivity contribution in [1.82, 2.24) is 9.78 Å². The van der Waals surface area contributed by atoms with Crippen molar-refractivity contribution < 1.29 is 9.47 Å². The first kappa shape index (κ1) is 15.1. The maximum atomic E-state index is 11.8. The quantitative estimate of drug-likeness (QED) is 0.735. The van der Waals surface area contributed by atoms with Crippen LogP contribution < -0.4 is 20.8 Å². The predicted molar refractivity (Wildman–Crippen MR) is 79.6 cm³/mol. The highest BCUT2D eigenvalue weighted by molar-refractivity contribution is 5.20. The summed E-state index contributed by atoms with van der Waals surface area (Å²) in [6, 6.07) is 11.0. The second-order valence-electron chi connectivity index (χ2n) is 4.40. The largest absolute Gasteiger partial charge is 0.494 e.